The maximum atomic E-state index is 13.6. The highest BCUT2D eigenvalue weighted by Gasteiger charge is 2.42. The van der Waals surface area contributed by atoms with Crippen molar-refractivity contribution >= 4 is 17.7 Å². The number of hydrogen-bond acceptors (Lipinski definition) is 7. The Labute approximate surface area is 257 Å². The van der Waals surface area contributed by atoms with E-state index >= 15 is 0 Å². The zero-order chi connectivity index (χ0) is 32.0. The molecule has 0 aliphatic carbocycles. The number of aliphatic hydroxyl groups is 1. The van der Waals surface area contributed by atoms with Gasteiger partial charge in [0.1, 0.15) is 5.75 Å². The highest BCUT2D eigenvalue weighted by atomic mass is 19.4. The van der Waals surface area contributed by atoms with Gasteiger partial charge in [-0.15, -0.1) is 6.61 Å². The third-order valence-corrected chi connectivity index (χ3v) is 7.75. The van der Waals surface area contributed by atoms with E-state index in [0.29, 0.717) is 49.4 Å². The van der Waals surface area contributed by atoms with Crippen LogP contribution in [0, 0.1) is 0 Å². The number of oxazole rings is 1. The van der Waals surface area contributed by atoms with Crippen LogP contribution in [0.3, 0.4) is 0 Å². The molecule has 0 saturated carbocycles. The van der Waals surface area contributed by atoms with Gasteiger partial charge in [-0.1, -0.05) is 42.5 Å². The molecule has 5 rings (SSSR count). The summed E-state index contributed by atoms with van der Waals surface area (Å²) in [6.45, 7) is 0.510. The zero-order valence-corrected chi connectivity index (χ0v) is 24.1. The molecule has 1 aliphatic rings. The van der Waals surface area contributed by atoms with Gasteiger partial charge in [0.25, 0.3) is 5.91 Å². The van der Waals surface area contributed by atoms with E-state index in [1.54, 1.807) is 71.6 Å². The number of carbonyl (C=O) groups excluding carboxylic acids is 2. The standard InChI is InChI=1S/C33H31F3N3O6/c34-33(35,36)29-28(38-31(45-29)24-4-2-1-3-5-24)30(42)37-26-10-6-21(7-11-26)23-14-17-39(18-15-23)32(43)44-27-12-8-22(9-13-27)25(20-41)16-19-40/h1-13,23,25,40H,14-20H2,(H,37,42)/q-1. The van der Waals surface area contributed by atoms with Crippen LogP contribution in [0.15, 0.2) is 83.3 Å². The molecule has 1 saturated heterocycles. The van der Waals surface area contributed by atoms with Gasteiger partial charge in [-0.2, -0.15) is 13.2 Å². The molecule has 4 aromatic rings. The number of ether oxygens (including phenoxy) is 1. The summed E-state index contributed by atoms with van der Waals surface area (Å²) < 4.78 is 51.4. The molecule has 0 spiro atoms. The number of alkyl halides is 3. The molecule has 3 aromatic carbocycles. The minimum Gasteiger partial charge on any atom is -0.854 e. The topological polar surface area (TPSA) is 128 Å². The van der Waals surface area contributed by atoms with Crippen LogP contribution in [-0.2, 0) is 6.18 Å². The number of amides is 2. The third kappa shape index (κ3) is 7.70. The van der Waals surface area contributed by atoms with Crippen LogP contribution in [0.4, 0.5) is 23.7 Å². The van der Waals surface area contributed by atoms with Crippen LogP contribution < -0.4 is 15.2 Å². The first-order valence-electron chi connectivity index (χ1n) is 14.5. The van der Waals surface area contributed by atoms with Crippen molar-refractivity contribution < 1.29 is 42.1 Å². The highest BCUT2D eigenvalue weighted by molar-refractivity contribution is 6.04. The second-order valence-corrected chi connectivity index (χ2v) is 10.7. The van der Waals surface area contributed by atoms with Gasteiger partial charge < -0.3 is 29.6 Å². The predicted molar refractivity (Wildman–Crippen MR) is 157 cm³/mol. The Morgan fingerprint density at radius 3 is 2.29 bits per heavy atom. The molecular formula is C33H31F3N3O6-. The summed E-state index contributed by atoms with van der Waals surface area (Å²) in [5.74, 6) is -2.62. The van der Waals surface area contributed by atoms with Crippen molar-refractivity contribution in [3.05, 3.63) is 101 Å². The molecule has 1 atom stereocenters. The van der Waals surface area contributed by atoms with Crippen molar-refractivity contribution in [2.24, 2.45) is 0 Å². The Kier molecular flexibility index (Phi) is 9.84. The summed E-state index contributed by atoms with van der Waals surface area (Å²) in [6.07, 6.45) is -3.68. The summed E-state index contributed by atoms with van der Waals surface area (Å²) in [4.78, 5) is 31.0. The quantitative estimate of drug-likeness (QED) is 0.241. The van der Waals surface area contributed by atoms with Crippen LogP contribution in [-0.4, -0.2) is 53.3 Å². The van der Waals surface area contributed by atoms with Gasteiger partial charge in [-0.3, -0.25) is 4.79 Å². The molecule has 1 aliphatic heterocycles. The molecule has 1 aromatic heterocycles. The van der Waals surface area contributed by atoms with E-state index in [0.717, 1.165) is 11.1 Å². The first kappa shape index (κ1) is 31.7. The molecule has 45 heavy (non-hydrogen) atoms. The van der Waals surface area contributed by atoms with Gasteiger partial charge in [-0.05, 0) is 78.6 Å². The lowest BCUT2D eigenvalue weighted by molar-refractivity contribution is -0.373. The second-order valence-electron chi connectivity index (χ2n) is 10.7. The largest absolute Gasteiger partial charge is 0.854 e. The molecule has 9 nitrogen and oxygen atoms in total. The van der Waals surface area contributed by atoms with Gasteiger partial charge in [0, 0.05) is 30.9 Å². The maximum Gasteiger partial charge on any atom is 0.452 e. The highest BCUT2D eigenvalue weighted by Crippen LogP contribution is 2.36. The Morgan fingerprint density at radius 2 is 1.69 bits per heavy atom. The number of carbonyl (C=O) groups is 2. The lowest BCUT2D eigenvalue weighted by atomic mass is 9.89. The van der Waals surface area contributed by atoms with E-state index in [1.165, 1.54) is 12.1 Å². The number of nitrogens with one attached hydrogen (secondary N) is 1. The van der Waals surface area contributed by atoms with Crippen LogP contribution in [0.5, 0.6) is 5.75 Å². The molecule has 2 amide bonds. The molecule has 1 fully saturated rings. The van der Waals surface area contributed by atoms with Crippen molar-refractivity contribution in [2.45, 2.75) is 37.3 Å². The van der Waals surface area contributed by atoms with Crippen molar-refractivity contribution in [1.82, 2.24) is 9.88 Å². The van der Waals surface area contributed by atoms with E-state index in [4.69, 9.17) is 14.3 Å². The van der Waals surface area contributed by atoms with E-state index in [2.05, 4.69) is 10.3 Å². The molecule has 2 N–H and O–H groups in total. The number of likely N-dealkylation sites (tertiary alicyclic amines) is 1. The Bertz CT molecular complexity index is 1580. The molecule has 236 valence electrons. The monoisotopic (exact) mass is 622 g/mol. The lowest BCUT2D eigenvalue weighted by Gasteiger charge is -2.31. The van der Waals surface area contributed by atoms with Crippen molar-refractivity contribution in [2.75, 3.05) is 31.6 Å². The van der Waals surface area contributed by atoms with Crippen LogP contribution in [0.2, 0.25) is 0 Å². The fourth-order valence-corrected chi connectivity index (χ4v) is 5.27. The van der Waals surface area contributed by atoms with Crippen molar-refractivity contribution in [3.63, 3.8) is 0 Å². The molecule has 1 unspecified atom stereocenters. The Balaban J connectivity index is 1.16. The summed E-state index contributed by atoms with van der Waals surface area (Å²) in [6, 6.07) is 21.5. The number of piperidine rings is 1. The zero-order valence-electron chi connectivity index (χ0n) is 24.1. The second kappa shape index (κ2) is 14.0. The van der Waals surface area contributed by atoms with Gasteiger partial charge >= 0.3 is 12.3 Å². The van der Waals surface area contributed by atoms with Crippen LogP contribution in [0.1, 0.15) is 58.5 Å². The molecule has 12 heteroatoms. The van der Waals surface area contributed by atoms with Crippen molar-refractivity contribution in [3.8, 4) is 17.2 Å². The molecule has 0 bridgehead atoms. The van der Waals surface area contributed by atoms with E-state index in [1.807, 2.05) is 0 Å². The van der Waals surface area contributed by atoms with E-state index in [9.17, 15) is 27.9 Å². The normalized spacial score (nSPS) is 14.6. The smallest absolute Gasteiger partial charge is 0.452 e. The summed E-state index contributed by atoms with van der Waals surface area (Å²) >= 11 is 0. The number of anilines is 1. The SMILES string of the molecule is O=C(Nc1ccc(C2CCN(C(=O)Oc3ccc(C(C[O-])CCO)cc3)CC2)cc1)c1nc(-c2ccccc2)oc1C(F)(F)F. The predicted octanol–water partition coefficient (Wildman–Crippen LogP) is 5.82. The number of halogens is 3. The van der Waals surface area contributed by atoms with E-state index in [-0.39, 0.29) is 30.9 Å². The number of rotatable bonds is 9. The number of benzene rings is 3. The molecule has 0 radical (unpaired) electrons. The fourth-order valence-electron chi connectivity index (χ4n) is 5.27. The molecule has 2 heterocycles. The summed E-state index contributed by atoms with van der Waals surface area (Å²) in [5.41, 5.74) is 1.51. The first-order valence-corrected chi connectivity index (χ1v) is 14.5. The fraction of sp³-hybridized carbons (Fsp3) is 0.303. The van der Waals surface area contributed by atoms with Crippen molar-refractivity contribution in [1.29, 1.82) is 0 Å². The Morgan fingerprint density at radius 1 is 1.02 bits per heavy atom. The minimum absolute atomic E-state index is 0.0769. The average Bonchev–Trinajstić information content (AvgIpc) is 3.52. The third-order valence-electron chi connectivity index (χ3n) is 7.75. The van der Waals surface area contributed by atoms with Crippen LogP contribution in [0.25, 0.3) is 11.5 Å². The van der Waals surface area contributed by atoms with Gasteiger partial charge in [0.05, 0.1) is 0 Å². The number of hydrogen-bond donors (Lipinski definition) is 2. The van der Waals surface area contributed by atoms with E-state index < -0.39 is 29.6 Å². The summed E-state index contributed by atoms with van der Waals surface area (Å²) in [5, 5.41) is 22.9. The number of nitrogens with zero attached hydrogens (tertiary/aromatic N) is 2. The average molecular weight is 623 g/mol. The first-order chi connectivity index (χ1) is 21.7. The number of aliphatic hydroxyl groups excluding tert-OH is 1. The van der Waals surface area contributed by atoms with Gasteiger partial charge in [0.15, 0.2) is 5.69 Å². The Hall–Kier alpha value is -4.68. The maximum absolute atomic E-state index is 13.6. The molecular weight excluding hydrogens is 591 g/mol. The lowest BCUT2D eigenvalue weighted by Crippen LogP contribution is -2.39. The van der Waals surface area contributed by atoms with Gasteiger partial charge in [-0.25, -0.2) is 9.78 Å². The number of aromatic nitrogens is 1. The van der Waals surface area contributed by atoms with Crippen LogP contribution >= 0.6 is 0 Å². The minimum atomic E-state index is -4.91. The van der Waals surface area contributed by atoms with Gasteiger partial charge in [0.2, 0.25) is 11.7 Å². The summed E-state index contributed by atoms with van der Waals surface area (Å²) in [7, 11) is 0.